The van der Waals surface area contributed by atoms with Crippen LogP contribution in [-0.4, -0.2) is 43.2 Å². The van der Waals surface area contributed by atoms with E-state index in [1.807, 2.05) is 6.07 Å². The van der Waals surface area contributed by atoms with E-state index in [1.54, 1.807) is 0 Å². The number of nitrogens with zero attached hydrogens (tertiary/aromatic N) is 1. The second-order valence-electron chi connectivity index (χ2n) is 9.85. The van der Waals surface area contributed by atoms with Gasteiger partial charge < -0.3 is 10.1 Å². The minimum absolute atomic E-state index is 0.0880. The van der Waals surface area contributed by atoms with E-state index in [9.17, 15) is 4.79 Å². The van der Waals surface area contributed by atoms with E-state index < -0.39 is 0 Å². The van der Waals surface area contributed by atoms with Gasteiger partial charge in [0.2, 0.25) is 0 Å². The molecule has 27 heavy (non-hydrogen) atoms. The lowest BCUT2D eigenvalue weighted by Gasteiger charge is -2.43. The summed E-state index contributed by atoms with van der Waals surface area (Å²) < 4.78 is 5.45. The molecule has 4 heteroatoms. The Kier molecular flexibility index (Phi) is 4.84. The SMILES string of the molecule is Cc1ccc(C(=O)NC2C(C)(C)[C@@H]3CC[C@@]2(C)C3)cc1CN1CCOCC1. The normalized spacial score (nSPS) is 32.6. The van der Waals surface area contributed by atoms with Crippen LogP contribution in [0.4, 0.5) is 0 Å². The highest BCUT2D eigenvalue weighted by atomic mass is 16.5. The Bertz CT molecular complexity index is 718. The van der Waals surface area contributed by atoms with Crippen molar-refractivity contribution >= 4 is 5.91 Å². The number of nitrogens with one attached hydrogen (secondary N) is 1. The Balaban J connectivity index is 1.50. The average molecular weight is 371 g/mol. The molecule has 2 bridgehead atoms. The van der Waals surface area contributed by atoms with Crippen LogP contribution in [0, 0.1) is 23.7 Å². The summed E-state index contributed by atoms with van der Waals surface area (Å²) in [6.07, 6.45) is 3.80. The smallest absolute Gasteiger partial charge is 0.251 e. The molecule has 1 N–H and O–H groups in total. The largest absolute Gasteiger partial charge is 0.379 e. The van der Waals surface area contributed by atoms with Crippen LogP contribution in [0.1, 0.15) is 61.5 Å². The van der Waals surface area contributed by atoms with Crippen molar-refractivity contribution in [1.82, 2.24) is 10.2 Å². The van der Waals surface area contributed by atoms with Crippen LogP contribution >= 0.6 is 0 Å². The third-order valence-corrected chi connectivity index (χ3v) is 7.65. The topological polar surface area (TPSA) is 41.6 Å². The molecule has 3 fully saturated rings. The molecule has 1 saturated heterocycles. The molecule has 3 aliphatic rings. The number of hydrogen-bond donors (Lipinski definition) is 1. The van der Waals surface area contributed by atoms with Crippen molar-refractivity contribution in [2.45, 2.75) is 59.5 Å². The lowest BCUT2D eigenvalue weighted by Crippen LogP contribution is -2.52. The van der Waals surface area contributed by atoms with E-state index in [0.717, 1.165) is 44.3 Å². The first-order chi connectivity index (χ1) is 12.8. The maximum atomic E-state index is 13.1. The summed E-state index contributed by atoms with van der Waals surface area (Å²) in [6.45, 7) is 13.6. The number of carbonyl (C=O) groups is 1. The summed E-state index contributed by atoms with van der Waals surface area (Å²) >= 11 is 0. The fourth-order valence-corrected chi connectivity index (χ4v) is 5.86. The summed E-state index contributed by atoms with van der Waals surface area (Å²) in [4.78, 5) is 15.5. The van der Waals surface area contributed by atoms with Crippen LogP contribution in [-0.2, 0) is 11.3 Å². The summed E-state index contributed by atoms with van der Waals surface area (Å²) in [5.74, 6) is 0.827. The van der Waals surface area contributed by atoms with Crippen molar-refractivity contribution in [2.75, 3.05) is 26.3 Å². The molecule has 2 aliphatic carbocycles. The maximum Gasteiger partial charge on any atom is 0.251 e. The number of benzene rings is 1. The number of morpholine rings is 1. The fourth-order valence-electron chi connectivity index (χ4n) is 5.86. The van der Waals surface area contributed by atoms with Crippen LogP contribution < -0.4 is 5.32 Å². The molecule has 4 rings (SSSR count). The third kappa shape index (κ3) is 3.42. The number of amides is 1. The Morgan fingerprint density at radius 2 is 2.00 bits per heavy atom. The van der Waals surface area contributed by atoms with Crippen LogP contribution in [0.25, 0.3) is 0 Å². The van der Waals surface area contributed by atoms with Crippen LogP contribution in [0.2, 0.25) is 0 Å². The molecule has 0 radical (unpaired) electrons. The van der Waals surface area contributed by atoms with E-state index in [4.69, 9.17) is 4.74 Å². The standard InChI is InChI=1S/C23H34N2O2/c1-16-5-6-17(13-18(16)15-25-9-11-27-12-10-25)20(26)24-21-22(2,3)19-7-8-23(21,4)14-19/h5-6,13,19,21H,7-12,14-15H2,1-4H3,(H,24,26)/t19-,21?,23+/m1/s1. The molecule has 0 spiro atoms. The number of carbonyl (C=O) groups excluding carboxylic acids is 1. The number of fused-ring (bicyclic) bond motifs is 2. The van der Waals surface area contributed by atoms with Gasteiger partial charge in [-0.1, -0.05) is 26.8 Å². The van der Waals surface area contributed by atoms with E-state index in [1.165, 1.54) is 30.4 Å². The molecule has 1 unspecified atom stereocenters. The Labute approximate surface area is 163 Å². The van der Waals surface area contributed by atoms with Gasteiger partial charge in [0, 0.05) is 31.2 Å². The van der Waals surface area contributed by atoms with Crippen LogP contribution in [0.5, 0.6) is 0 Å². The second-order valence-corrected chi connectivity index (χ2v) is 9.85. The number of aryl methyl sites for hydroxylation is 1. The van der Waals surface area contributed by atoms with Crippen molar-refractivity contribution in [3.63, 3.8) is 0 Å². The lowest BCUT2D eigenvalue weighted by molar-refractivity contribution is 0.0341. The zero-order valence-corrected chi connectivity index (χ0v) is 17.3. The van der Waals surface area contributed by atoms with Crippen molar-refractivity contribution in [3.8, 4) is 0 Å². The van der Waals surface area contributed by atoms with E-state index >= 15 is 0 Å². The highest BCUT2D eigenvalue weighted by Gasteiger charge is 2.59. The van der Waals surface area contributed by atoms with Gasteiger partial charge in [0.05, 0.1) is 13.2 Å². The summed E-state index contributed by atoms with van der Waals surface area (Å²) in [6, 6.07) is 6.44. The summed E-state index contributed by atoms with van der Waals surface area (Å²) in [5, 5.41) is 3.44. The second kappa shape index (κ2) is 6.89. The molecule has 0 aromatic heterocycles. The first-order valence-electron chi connectivity index (χ1n) is 10.5. The highest BCUT2D eigenvalue weighted by Crippen LogP contribution is 2.62. The first kappa shape index (κ1) is 18.9. The van der Waals surface area contributed by atoms with Crippen molar-refractivity contribution in [1.29, 1.82) is 0 Å². The Hall–Kier alpha value is -1.39. The van der Waals surface area contributed by atoms with E-state index in [2.05, 4.69) is 50.0 Å². The predicted octanol–water partition coefficient (Wildman–Crippen LogP) is 3.77. The minimum atomic E-state index is 0.0880. The molecular formula is C23H34N2O2. The number of rotatable bonds is 4. The van der Waals surface area contributed by atoms with Gasteiger partial charge in [-0.25, -0.2) is 0 Å². The van der Waals surface area contributed by atoms with Gasteiger partial charge in [0.25, 0.3) is 5.91 Å². The van der Waals surface area contributed by atoms with Gasteiger partial charge in [0.15, 0.2) is 0 Å². The number of hydrogen-bond acceptors (Lipinski definition) is 3. The lowest BCUT2D eigenvalue weighted by atomic mass is 9.68. The first-order valence-corrected chi connectivity index (χ1v) is 10.5. The van der Waals surface area contributed by atoms with Gasteiger partial charge in [-0.2, -0.15) is 0 Å². The van der Waals surface area contributed by atoms with E-state index in [0.29, 0.717) is 0 Å². The summed E-state index contributed by atoms with van der Waals surface area (Å²) in [7, 11) is 0. The third-order valence-electron chi connectivity index (χ3n) is 7.65. The van der Waals surface area contributed by atoms with Gasteiger partial charge in [-0.15, -0.1) is 0 Å². The quantitative estimate of drug-likeness (QED) is 0.877. The molecule has 1 aromatic rings. The van der Waals surface area contributed by atoms with Crippen molar-refractivity contribution in [3.05, 3.63) is 34.9 Å². The van der Waals surface area contributed by atoms with Gasteiger partial charge in [-0.3, -0.25) is 9.69 Å². The van der Waals surface area contributed by atoms with E-state index in [-0.39, 0.29) is 22.8 Å². The van der Waals surface area contributed by atoms with Gasteiger partial charge in [0.1, 0.15) is 0 Å². The maximum absolute atomic E-state index is 13.1. The van der Waals surface area contributed by atoms with Gasteiger partial charge >= 0.3 is 0 Å². The average Bonchev–Trinajstić information content (AvgIpc) is 3.12. The zero-order valence-electron chi connectivity index (χ0n) is 17.3. The molecule has 1 amide bonds. The summed E-state index contributed by atoms with van der Waals surface area (Å²) in [5.41, 5.74) is 3.74. The molecule has 2 saturated carbocycles. The Morgan fingerprint density at radius 1 is 1.26 bits per heavy atom. The molecule has 3 atom stereocenters. The molecule has 1 aromatic carbocycles. The zero-order chi connectivity index (χ0) is 19.2. The minimum Gasteiger partial charge on any atom is -0.379 e. The molecule has 148 valence electrons. The van der Waals surface area contributed by atoms with Crippen molar-refractivity contribution < 1.29 is 9.53 Å². The molecule has 1 heterocycles. The Morgan fingerprint density at radius 3 is 2.67 bits per heavy atom. The molecule has 1 aliphatic heterocycles. The van der Waals surface area contributed by atoms with Crippen LogP contribution in [0.15, 0.2) is 18.2 Å². The highest BCUT2D eigenvalue weighted by molar-refractivity contribution is 5.94. The van der Waals surface area contributed by atoms with Crippen LogP contribution in [0.3, 0.4) is 0 Å². The van der Waals surface area contributed by atoms with Gasteiger partial charge in [-0.05, 0) is 66.2 Å². The number of ether oxygens (including phenoxy) is 1. The molecular weight excluding hydrogens is 336 g/mol. The predicted molar refractivity (Wildman–Crippen MR) is 108 cm³/mol. The molecule has 4 nitrogen and oxygen atoms in total. The monoisotopic (exact) mass is 370 g/mol. The van der Waals surface area contributed by atoms with Crippen molar-refractivity contribution in [2.24, 2.45) is 16.7 Å². The fraction of sp³-hybridized carbons (Fsp3) is 0.696.